The van der Waals surface area contributed by atoms with E-state index in [1.807, 2.05) is 28.9 Å². The van der Waals surface area contributed by atoms with Crippen LogP contribution < -0.4 is 5.73 Å². The summed E-state index contributed by atoms with van der Waals surface area (Å²) in [6, 6.07) is 7.67. The van der Waals surface area contributed by atoms with Crippen molar-refractivity contribution in [1.29, 1.82) is 0 Å². The molecular formula is C16H18ClN5O. The minimum atomic E-state index is 0.169. The zero-order valence-corrected chi connectivity index (χ0v) is 13.4. The fraction of sp³-hybridized carbons (Fsp3) is 0.312. The molecule has 0 aliphatic carbocycles. The summed E-state index contributed by atoms with van der Waals surface area (Å²) < 4.78 is 1.83. The molecule has 0 saturated carbocycles. The summed E-state index contributed by atoms with van der Waals surface area (Å²) in [6.07, 6.45) is 3.56. The van der Waals surface area contributed by atoms with Gasteiger partial charge in [0.05, 0.1) is 11.1 Å². The van der Waals surface area contributed by atoms with Crippen LogP contribution in [0.25, 0.3) is 11.0 Å². The second-order valence-electron chi connectivity index (χ2n) is 5.33. The molecule has 0 saturated heterocycles. The first-order chi connectivity index (χ1) is 11.2. The quantitative estimate of drug-likeness (QED) is 0.677. The Kier molecular flexibility index (Phi) is 4.73. The van der Waals surface area contributed by atoms with E-state index in [4.69, 9.17) is 22.4 Å². The molecule has 6 nitrogen and oxygen atoms in total. The van der Waals surface area contributed by atoms with Crippen molar-refractivity contribution in [2.24, 2.45) is 0 Å². The molecular weight excluding hydrogens is 314 g/mol. The average Bonchev–Trinajstić information content (AvgIpc) is 2.89. The lowest BCUT2D eigenvalue weighted by atomic mass is 10.1. The number of aryl methyl sites for hydroxylation is 1. The lowest BCUT2D eigenvalue weighted by molar-refractivity contribution is 0.280. The monoisotopic (exact) mass is 331 g/mol. The van der Waals surface area contributed by atoms with Gasteiger partial charge >= 0.3 is 0 Å². The minimum Gasteiger partial charge on any atom is -0.396 e. The third kappa shape index (κ3) is 3.28. The van der Waals surface area contributed by atoms with Gasteiger partial charge in [-0.3, -0.25) is 0 Å². The Morgan fingerprint density at radius 1 is 1.17 bits per heavy atom. The molecule has 3 N–H and O–H groups in total. The van der Waals surface area contributed by atoms with E-state index in [2.05, 4.69) is 15.1 Å². The number of unbranched alkanes of at least 4 members (excludes halogenated alkanes) is 1. The fourth-order valence-electron chi connectivity index (χ4n) is 2.58. The maximum atomic E-state index is 8.94. The number of fused-ring (bicyclic) bond motifs is 1. The summed E-state index contributed by atoms with van der Waals surface area (Å²) in [7, 11) is 0. The van der Waals surface area contributed by atoms with Gasteiger partial charge < -0.3 is 10.8 Å². The summed E-state index contributed by atoms with van der Waals surface area (Å²) in [5, 5.41) is 15.1. The van der Waals surface area contributed by atoms with Crippen LogP contribution in [0.4, 0.5) is 5.82 Å². The standard InChI is InChI=1S/C16H18ClN5O/c17-12-6-2-1-5-11(12)9-13-14-15(18)19-10-20-16(14)22(21-13)7-3-4-8-23/h1-2,5-6,10,23H,3-4,7-9H2,(H2,18,19,20). The van der Waals surface area contributed by atoms with Gasteiger partial charge in [0.2, 0.25) is 0 Å². The largest absolute Gasteiger partial charge is 0.396 e. The van der Waals surface area contributed by atoms with Gasteiger partial charge in [-0.2, -0.15) is 5.10 Å². The van der Waals surface area contributed by atoms with E-state index in [0.717, 1.165) is 35.1 Å². The molecule has 0 aliphatic heterocycles. The van der Waals surface area contributed by atoms with Crippen molar-refractivity contribution in [3.63, 3.8) is 0 Å². The van der Waals surface area contributed by atoms with Gasteiger partial charge in [-0.1, -0.05) is 29.8 Å². The predicted octanol–water partition coefficient (Wildman–Crippen LogP) is 2.43. The van der Waals surface area contributed by atoms with E-state index < -0.39 is 0 Å². The first kappa shape index (κ1) is 15.7. The molecule has 0 atom stereocenters. The summed E-state index contributed by atoms with van der Waals surface area (Å²) >= 11 is 6.25. The maximum Gasteiger partial charge on any atom is 0.163 e. The van der Waals surface area contributed by atoms with E-state index in [1.54, 1.807) is 0 Å². The second kappa shape index (κ2) is 6.93. The highest BCUT2D eigenvalue weighted by molar-refractivity contribution is 6.31. The van der Waals surface area contributed by atoms with Gasteiger partial charge in [-0.15, -0.1) is 0 Å². The van der Waals surface area contributed by atoms with E-state index in [-0.39, 0.29) is 6.61 Å². The highest BCUT2D eigenvalue weighted by atomic mass is 35.5. The molecule has 0 amide bonds. The highest BCUT2D eigenvalue weighted by Gasteiger charge is 2.16. The number of nitrogens with two attached hydrogens (primary N) is 1. The number of nitrogen functional groups attached to an aromatic ring is 1. The van der Waals surface area contributed by atoms with E-state index >= 15 is 0 Å². The van der Waals surface area contributed by atoms with Crippen molar-refractivity contribution in [3.05, 3.63) is 46.9 Å². The Hall–Kier alpha value is -2.18. The molecule has 3 aromatic rings. The van der Waals surface area contributed by atoms with Gasteiger partial charge in [0.15, 0.2) is 5.65 Å². The van der Waals surface area contributed by atoms with Crippen molar-refractivity contribution in [1.82, 2.24) is 19.7 Å². The number of hydrogen-bond donors (Lipinski definition) is 2. The van der Waals surface area contributed by atoms with Crippen LogP contribution in [-0.2, 0) is 13.0 Å². The first-order valence-electron chi connectivity index (χ1n) is 7.51. The van der Waals surface area contributed by atoms with E-state index in [1.165, 1.54) is 6.33 Å². The number of aliphatic hydroxyl groups excluding tert-OH is 1. The van der Waals surface area contributed by atoms with Crippen molar-refractivity contribution in [2.45, 2.75) is 25.8 Å². The molecule has 2 aromatic heterocycles. The Bertz CT molecular complexity index is 817. The molecule has 0 unspecified atom stereocenters. The highest BCUT2D eigenvalue weighted by Crippen LogP contribution is 2.26. The topological polar surface area (TPSA) is 89.9 Å². The van der Waals surface area contributed by atoms with Crippen LogP contribution in [0.15, 0.2) is 30.6 Å². The number of halogens is 1. The van der Waals surface area contributed by atoms with Gasteiger partial charge in [0, 0.05) is 24.6 Å². The van der Waals surface area contributed by atoms with Crippen LogP contribution in [0.3, 0.4) is 0 Å². The molecule has 0 aliphatic rings. The normalized spacial score (nSPS) is 11.2. The van der Waals surface area contributed by atoms with Crippen LogP contribution in [-0.4, -0.2) is 31.5 Å². The summed E-state index contributed by atoms with van der Waals surface area (Å²) in [5.41, 5.74) is 8.56. The van der Waals surface area contributed by atoms with E-state index in [9.17, 15) is 0 Å². The Balaban J connectivity index is 2.01. The van der Waals surface area contributed by atoms with Crippen LogP contribution in [0.2, 0.25) is 5.02 Å². The van der Waals surface area contributed by atoms with Crippen molar-refractivity contribution >= 4 is 28.5 Å². The predicted molar refractivity (Wildman–Crippen MR) is 90.3 cm³/mol. The molecule has 3 rings (SSSR count). The summed E-state index contributed by atoms with van der Waals surface area (Å²) in [6.45, 7) is 0.846. The van der Waals surface area contributed by atoms with Crippen molar-refractivity contribution in [3.8, 4) is 0 Å². The molecule has 0 bridgehead atoms. The van der Waals surface area contributed by atoms with Crippen LogP contribution in [0, 0.1) is 0 Å². The SMILES string of the molecule is Nc1ncnc2c1c(Cc1ccccc1Cl)nn2CCCCO. The summed E-state index contributed by atoms with van der Waals surface area (Å²) in [5.74, 6) is 0.422. The number of nitrogens with zero attached hydrogens (tertiary/aromatic N) is 4. The van der Waals surface area contributed by atoms with Gasteiger partial charge in [0.25, 0.3) is 0 Å². The molecule has 0 fully saturated rings. The van der Waals surface area contributed by atoms with Crippen LogP contribution in [0.5, 0.6) is 0 Å². The van der Waals surface area contributed by atoms with Gasteiger partial charge in [-0.05, 0) is 24.5 Å². The lowest BCUT2D eigenvalue weighted by Gasteiger charge is -2.02. The molecule has 1 aromatic carbocycles. The van der Waals surface area contributed by atoms with Crippen molar-refractivity contribution < 1.29 is 5.11 Å². The van der Waals surface area contributed by atoms with Crippen LogP contribution >= 0.6 is 11.6 Å². The van der Waals surface area contributed by atoms with Crippen LogP contribution in [0.1, 0.15) is 24.1 Å². The minimum absolute atomic E-state index is 0.169. The van der Waals surface area contributed by atoms with Gasteiger partial charge in [-0.25, -0.2) is 14.6 Å². The number of rotatable bonds is 6. The fourth-order valence-corrected chi connectivity index (χ4v) is 2.78. The summed E-state index contributed by atoms with van der Waals surface area (Å²) in [4.78, 5) is 8.40. The number of hydrogen-bond acceptors (Lipinski definition) is 5. The third-order valence-electron chi connectivity index (χ3n) is 3.72. The Morgan fingerprint density at radius 3 is 2.78 bits per heavy atom. The lowest BCUT2D eigenvalue weighted by Crippen LogP contribution is -2.03. The number of aliphatic hydroxyl groups is 1. The van der Waals surface area contributed by atoms with Crippen molar-refractivity contribution in [2.75, 3.05) is 12.3 Å². The molecule has 2 heterocycles. The maximum absolute atomic E-state index is 8.94. The molecule has 7 heteroatoms. The first-order valence-corrected chi connectivity index (χ1v) is 7.88. The number of aromatic nitrogens is 4. The molecule has 0 spiro atoms. The number of benzene rings is 1. The smallest absolute Gasteiger partial charge is 0.163 e. The van der Waals surface area contributed by atoms with E-state index in [0.29, 0.717) is 23.8 Å². The Morgan fingerprint density at radius 2 is 2.00 bits per heavy atom. The third-order valence-corrected chi connectivity index (χ3v) is 4.09. The zero-order chi connectivity index (χ0) is 16.2. The molecule has 120 valence electrons. The molecule has 23 heavy (non-hydrogen) atoms. The average molecular weight is 332 g/mol. The second-order valence-corrected chi connectivity index (χ2v) is 5.73. The number of anilines is 1. The molecule has 0 radical (unpaired) electrons. The zero-order valence-electron chi connectivity index (χ0n) is 12.6. The van der Waals surface area contributed by atoms with Gasteiger partial charge in [0.1, 0.15) is 12.1 Å². The Labute approximate surface area is 138 Å².